The van der Waals surface area contributed by atoms with E-state index in [2.05, 4.69) is 17.5 Å². The van der Waals surface area contributed by atoms with Crippen LogP contribution >= 0.6 is 0 Å². The molecule has 1 aromatic rings. The van der Waals surface area contributed by atoms with Crippen LogP contribution in [0.1, 0.15) is 24.8 Å². The molecule has 0 saturated heterocycles. The van der Waals surface area contributed by atoms with Crippen molar-refractivity contribution in [3.63, 3.8) is 0 Å². The van der Waals surface area contributed by atoms with Gasteiger partial charge in [0.15, 0.2) is 0 Å². The molecule has 2 rings (SSSR count). The third-order valence-corrected chi connectivity index (χ3v) is 3.04. The molecule has 0 bridgehead atoms. The summed E-state index contributed by atoms with van der Waals surface area (Å²) in [4.78, 5) is 13.1. The van der Waals surface area contributed by atoms with E-state index in [9.17, 15) is 4.79 Å². The summed E-state index contributed by atoms with van der Waals surface area (Å²) < 4.78 is 0. The number of para-hydroxylation sites is 1. The Kier molecular flexibility index (Phi) is 3.18. The first kappa shape index (κ1) is 11.7. The first-order chi connectivity index (χ1) is 8.08. The van der Waals surface area contributed by atoms with E-state index in [1.165, 1.54) is 0 Å². The van der Waals surface area contributed by atoms with E-state index in [0.29, 0.717) is 0 Å². The topological polar surface area (TPSA) is 40.5 Å². The lowest BCUT2D eigenvalue weighted by molar-refractivity contribution is -0.137. The van der Waals surface area contributed by atoms with Gasteiger partial charge in [-0.05, 0) is 18.6 Å². The van der Waals surface area contributed by atoms with Crippen molar-refractivity contribution in [2.75, 3.05) is 18.0 Å². The molecule has 3 heteroatoms. The number of aliphatic carboxylic acids is 1. The lowest BCUT2D eigenvalue weighted by Crippen LogP contribution is -2.24. The molecule has 90 valence electrons. The van der Waals surface area contributed by atoms with Crippen LogP contribution < -0.4 is 4.90 Å². The van der Waals surface area contributed by atoms with E-state index in [1.54, 1.807) is 0 Å². The third kappa shape index (κ3) is 2.49. The van der Waals surface area contributed by atoms with Crippen LogP contribution in [0.3, 0.4) is 0 Å². The molecule has 1 aliphatic rings. The van der Waals surface area contributed by atoms with E-state index in [1.807, 2.05) is 25.1 Å². The van der Waals surface area contributed by atoms with E-state index in [-0.39, 0.29) is 12.3 Å². The number of carboxylic acids is 1. The Bertz CT molecular complexity index is 412. The van der Waals surface area contributed by atoms with Gasteiger partial charge in [0.2, 0.25) is 0 Å². The summed E-state index contributed by atoms with van der Waals surface area (Å²) >= 11 is 0. The second-order valence-corrected chi connectivity index (χ2v) is 4.69. The van der Waals surface area contributed by atoms with Crippen LogP contribution in [-0.2, 0) is 4.79 Å². The largest absolute Gasteiger partial charge is 0.481 e. The molecule has 1 aliphatic heterocycles. The van der Waals surface area contributed by atoms with E-state index < -0.39 is 5.97 Å². The quantitative estimate of drug-likeness (QED) is 0.810. The minimum Gasteiger partial charge on any atom is -0.481 e. The van der Waals surface area contributed by atoms with Gasteiger partial charge < -0.3 is 10.0 Å². The van der Waals surface area contributed by atoms with Gasteiger partial charge in [-0.1, -0.05) is 30.4 Å². The summed E-state index contributed by atoms with van der Waals surface area (Å²) in [6, 6.07) is 8.05. The molecule has 0 spiro atoms. The fourth-order valence-electron chi connectivity index (χ4n) is 2.44. The number of carboxylic acid groups (broad SMARTS) is 1. The molecule has 0 saturated carbocycles. The van der Waals surface area contributed by atoms with Crippen LogP contribution in [0.15, 0.2) is 36.4 Å². The number of hydrogen-bond donors (Lipinski definition) is 1. The first-order valence-electron chi connectivity index (χ1n) is 5.78. The highest BCUT2D eigenvalue weighted by molar-refractivity contribution is 5.71. The SMILES string of the molecule is C=C(C)CN1CC(CC(=O)O)c2ccccc21. The van der Waals surface area contributed by atoms with Gasteiger partial charge in [0.1, 0.15) is 0 Å². The van der Waals surface area contributed by atoms with E-state index >= 15 is 0 Å². The molecule has 1 N–H and O–H groups in total. The number of carbonyl (C=O) groups is 1. The minimum absolute atomic E-state index is 0.100. The van der Waals surface area contributed by atoms with Gasteiger partial charge in [-0.2, -0.15) is 0 Å². The summed E-state index contributed by atoms with van der Waals surface area (Å²) in [5, 5.41) is 8.93. The smallest absolute Gasteiger partial charge is 0.304 e. The summed E-state index contributed by atoms with van der Waals surface area (Å²) in [6.07, 6.45) is 0.198. The van der Waals surface area contributed by atoms with Crippen LogP contribution in [0, 0.1) is 0 Å². The number of hydrogen-bond acceptors (Lipinski definition) is 2. The van der Waals surface area contributed by atoms with Gasteiger partial charge in [-0.3, -0.25) is 4.79 Å². The van der Waals surface area contributed by atoms with Crippen molar-refractivity contribution >= 4 is 11.7 Å². The Morgan fingerprint density at radius 2 is 2.24 bits per heavy atom. The number of anilines is 1. The van der Waals surface area contributed by atoms with Crippen molar-refractivity contribution in [3.8, 4) is 0 Å². The molecule has 0 amide bonds. The highest BCUT2D eigenvalue weighted by atomic mass is 16.4. The van der Waals surface area contributed by atoms with Gasteiger partial charge in [0.25, 0.3) is 0 Å². The normalized spacial score (nSPS) is 17.9. The van der Waals surface area contributed by atoms with Crippen LogP contribution in [0.4, 0.5) is 5.69 Å². The Labute approximate surface area is 101 Å². The van der Waals surface area contributed by atoms with Crippen molar-refractivity contribution < 1.29 is 9.90 Å². The zero-order chi connectivity index (χ0) is 12.4. The predicted molar refractivity (Wildman–Crippen MR) is 68.5 cm³/mol. The predicted octanol–water partition coefficient (Wildman–Crippen LogP) is 2.64. The molecule has 1 aromatic carbocycles. The zero-order valence-corrected chi connectivity index (χ0v) is 10.0. The second-order valence-electron chi connectivity index (χ2n) is 4.69. The second kappa shape index (κ2) is 4.62. The monoisotopic (exact) mass is 231 g/mol. The molecule has 1 unspecified atom stereocenters. The lowest BCUT2D eigenvalue weighted by Gasteiger charge is -2.19. The molecule has 0 fully saturated rings. The first-order valence-corrected chi connectivity index (χ1v) is 5.78. The van der Waals surface area contributed by atoms with Crippen LogP contribution in [0.5, 0.6) is 0 Å². The Morgan fingerprint density at radius 3 is 2.88 bits per heavy atom. The average Bonchev–Trinajstić information content (AvgIpc) is 2.56. The van der Waals surface area contributed by atoms with Crippen molar-refractivity contribution in [2.24, 2.45) is 0 Å². The number of benzene rings is 1. The molecule has 3 nitrogen and oxygen atoms in total. The standard InChI is InChI=1S/C14H17NO2/c1-10(2)8-15-9-11(7-14(16)17)12-5-3-4-6-13(12)15/h3-6,11H,1,7-9H2,2H3,(H,16,17). The van der Waals surface area contributed by atoms with Gasteiger partial charge in [0, 0.05) is 24.7 Å². The Balaban J connectivity index is 2.26. The Morgan fingerprint density at radius 1 is 1.53 bits per heavy atom. The van der Waals surface area contributed by atoms with Crippen LogP contribution in [0.2, 0.25) is 0 Å². The number of rotatable bonds is 4. The van der Waals surface area contributed by atoms with Crippen LogP contribution in [0.25, 0.3) is 0 Å². The maximum Gasteiger partial charge on any atom is 0.304 e. The van der Waals surface area contributed by atoms with Crippen molar-refractivity contribution in [3.05, 3.63) is 42.0 Å². The molecule has 0 aromatic heterocycles. The fraction of sp³-hybridized carbons (Fsp3) is 0.357. The van der Waals surface area contributed by atoms with E-state index in [0.717, 1.165) is 29.9 Å². The molecular formula is C14H17NO2. The van der Waals surface area contributed by atoms with Crippen molar-refractivity contribution in [1.29, 1.82) is 0 Å². The summed E-state index contributed by atoms with van der Waals surface area (Å²) in [6.45, 7) is 7.49. The van der Waals surface area contributed by atoms with Gasteiger partial charge >= 0.3 is 5.97 Å². The lowest BCUT2D eigenvalue weighted by atomic mass is 9.98. The molecule has 17 heavy (non-hydrogen) atoms. The van der Waals surface area contributed by atoms with Gasteiger partial charge in [0.05, 0.1) is 6.42 Å². The number of nitrogens with zero attached hydrogens (tertiary/aromatic N) is 1. The highest BCUT2D eigenvalue weighted by Crippen LogP contribution is 2.37. The average molecular weight is 231 g/mol. The van der Waals surface area contributed by atoms with Gasteiger partial charge in [-0.15, -0.1) is 0 Å². The highest BCUT2D eigenvalue weighted by Gasteiger charge is 2.29. The fourth-order valence-corrected chi connectivity index (χ4v) is 2.44. The maximum absolute atomic E-state index is 10.9. The summed E-state index contributed by atoms with van der Waals surface area (Å²) in [7, 11) is 0. The molecular weight excluding hydrogens is 214 g/mol. The summed E-state index contributed by atoms with van der Waals surface area (Å²) in [5.74, 6) is -0.634. The zero-order valence-electron chi connectivity index (χ0n) is 10.0. The number of fused-ring (bicyclic) bond motifs is 1. The molecule has 1 atom stereocenters. The third-order valence-electron chi connectivity index (χ3n) is 3.04. The van der Waals surface area contributed by atoms with E-state index in [4.69, 9.17) is 5.11 Å². The molecule has 0 aliphatic carbocycles. The Hall–Kier alpha value is -1.77. The minimum atomic E-state index is -0.734. The summed E-state index contributed by atoms with van der Waals surface area (Å²) in [5.41, 5.74) is 3.40. The van der Waals surface area contributed by atoms with Crippen LogP contribution in [-0.4, -0.2) is 24.2 Å². The maximum atomic E-state index is 10.9. The van der Waals surface area contributed by atoms with Crippen molar-refractivity contribution in [2.45, 2.75) is 19.3 Å². The molecule has 0 radical (unpaired) electrons. The molecule has 1 heterocycles. The van der Waals surface area contributed by atoms with Crippen molar-refractivity contribution in [1.82, 2.24) is 0 Å². The van der Waals surface area contributed by atoms with Gasteiger partial charge in [-0.25, -0.2) is 0 Å².